The molecule has 0 heterocycles. The van der Waals surface area contributed by atoms with Gasteiger partial charge >= 0.3 is 5.97 Å². The summed E-state index contributed by atoms with van der Waals surface area (Å²) in [4.78, 5) is 22.2. The van der Waals surface area contributed by atoms with E-state index in [0.717, 1.165) is 13.0 Å². The first-order valence-corrected chi connectivity index (χ1v) is 5.93. The van der Waals surface area contributed by atoms with E-state index in [1.54, 1.807) is 0 Å². The highest BCUT2D eigenvalue weighted by atomic mass is 16.5. The van der Waals surface area contributed by atoms with Gasteiger partial charge in [-0.2, -0.15) is 0 Å². The lowest BCUT2D eigenvalue weighted by Gasteiger charge is -2.20. The van der Waals surface area contributed by atoms with Gasteiger partial charge in [0.1, 0.15) is 0 Å². The van der Waals surface area contributed by atoms with Crippen molar-refractivity contribution in [2.24, 2.45) is 0 Å². The van der Waals surface area contributed by atoms with E-state index in [-0.39, 0.29) is 17.4 Å². The molecule has 0 aromatic rings. The van der Waals surface area contributed by atoms with Gasteiger partial charge in [0, 0.05) is 24.9 Å². The van der Waals surface area contributed by atoms with Crippen LogP contribution in [0.25, 0.3) is 0 Å². The molecule has 0 saturated carbocycles. The zero-order valence-electron chi connectivity index (χ0n) is 11.3. The Morgan fingerprint density at radius 2 is 1.76 bits per heavy atom. The summed E-state index contributed by atoms with van der Waals surface area (Å²) >= 11 is 0. The van der Waals surface area contributed by atoms with Gasteiger partial charge in [0.2, 0.25) is 5.91 Å². The molecule has 0 spiro atoms. The Morgan fingerprint density at radius 3 is 2.29 bits per heavy atom. The van der Waals surface area contributed by atoms with Crippen molar-refractivity contribution in [1.82, 2.24) is 10.6 Å². The molecule has 0 fully saturated rings. The molecule has 5 nitrogen and oxygen atoms in total. The van der Waals surface area contributed by atoms with Crippen LogP contribution in [0.15, 0.2) is 0 Å². The van der Waals surface area contributed by atoms with Crippen molar-refractivity contribution in [2.75, 3.05) is 20.2 Å². The molecule has 5 heteroatoms. The van der Waals surface area contributed by atoms with Crippen molar-refractivity contribution >= 4 is 11.9 Å². The van der Waals surface area contributed by atoms with E-state index in [2.05, 4.69) is 15.4 Å². The van der Waals surface area contributed by atoms with Crippen molar-refractivity contribution in [3.05, 3.63) is 0 Å². The highest BCUT2D eigenvalue weighted by Crippen LogP contribution is 1.98. The molecule has 100 valence electrons. The third kappa shape index (κ3) is 11.2. The SMILES string of the molecule is COC(=O)CCCNCCC(=O)NC(C)(C)C. The summed E-state index contributed by atoms with van der Waals surface area (Å²) < 4.78 is 4.52. The van der Waals surface area contributed by atoms with Crippen LogP contribution in [0, 0.1) is 0 Å². The fraction of sp³-hybridized carbons (Fsp3) is 0.833. The minimum Gasteiger partial charge on any atom is -0.469 e. The standard InChI is InChI=1S/C12H24N2O3/c1-12(2,3)14-10(15)7-9-13-8-5-6-11(16)17-4/h13H,5-9H2,1-4H3,(H,14,15). The minimum atomic E-state index is -0.197. The third-order valence-electron chi connectivity index (χ3n) is 2.01. The van der Waals surface area contributed by atoms with E-state index in [1.807, 2.05) is 20.8 Å². The molecule has 0 saturated heterocycles. The summed E-state index contributed by atoms with van der Waals surface area (Å²) in [6.07, 6.45) is 1.60. The van der Waals surface area contributed by atoms with Crippen LogP contribution in [0.1, 0.15) is 40.0 Å². The maximum absolute atomic E-state index is 11.4. The van der Waals surface area contributed by atoms with Crippen LogP contribution in [0.3, 0.4) is 0 Å². The van der Waals surface area contributed by atoms with Gasteiger partial charge in [0.15, 0.2) is 0 Å². The predicted molar refractivity (Wildman–Crippen MR) is 66.6 cm³/mol. The van der Waals surface area contributed by atoms with Crippen molar-refractivity contribution in [2.45, 2.75) is 45.6 Å². The molecule has 0 aliphatic heterocycles. The highest BCUT2D eigenvalue weighted by Gasteiger charge is 2.12. The van der Waals surface area contributed by atoms with E-state index >= 15 is 0 Å². The molecule has 0 aromatic carbocycles. The van der Waals surface area contributed by atoms with Gasteiger partial charge in [-0.3, -0.25) is 9.59 Å². The zero-order valence-corrected chi connectivity index (χ0v) is 11.3. The summed E-state index contributed by atoms with van der Waals surface area (Å²) in [5.41, 5.74) is -0.179. The monoisotopic (exact) mass is 244 g/mol. The van der Waals surface area contributed by atoms with E-state index in [4.69, 9.17) is 0 Å². The fourth-order valence-corrected chi connectivity index (χ4v) is 1.27. The third-order valence-corrected chi connectivity index (χ3v) is 2.01. The molecule has 0 unspecified atom stereocenters. The van der Waals surface area contributed by atoms with Crippen molar-refractivity contribution in [3.8, 4) is 0 Å². The fourth-order valence-electron chi connectivity index (χ4n) is 1.27. The topological polar surface area (TPSA) is 67.4 Å². The van der Waals surface area contributed by atoms with Crippen LogP contribution < -0.4 is 10.6 Å². The minimum absolute atomic E-state index is 0.0398. The molecule has 0 atom stereocenters. The highest BCUT2D eigenvalue weighted by molar-refractivity contribution is 5.76. The first-order valence-electron chi connectivity index (χ1n) is 5.93. The summed E-state index contributed by atoms with van der Waals surface area (Å²) in [5.74, 6) is -0.157. The van der Waals surface area contributed by atoms with Crippen LogP contribution >= 0.6 is 0 Å². The molecule has 17 heavy (non-hydrogen) atoms. The number of esters is 1. The van der Waals surface area contributed by atoms with Crippen LogP contribution in [-0.2, 0) is 14.3 Å². The number of nitrogens with one attached hydrogen (secondary N) is 2. The first kappa shape index (κ1) is 15.9. The maximum Gasteiger partial charge on any atom is 0.305 e. The predicted octanol–water partition coefficient (Wildman–Crippen LogP) is 0.834. The van der Waals surface area contributed by atoms with Crippen LogP contribution in [-0.4, -0.2) is 37.6 Å². The molecule has 0 aliphatic carbocycles. The van der Waals surface area contributed by atoms with Gasteiger partial charge in [-0.15, -0.1) is 0 Å². The molecular weight excluding hydrogens is 220 g/mol. The molecule has 0 radical (unpaired) electrons. The Kier molecular flexibility index (Phi) is 7.54. The number of carbonyl (C=O) groups is 2. The Balaban J connectivity index is 3.40. The average molecular weight is 244 g/mol. The number of carbonyl (C=O) groups excluding carboxylic acids is 2. The van der Waals surface area contributed by atoms with Gasteiger partial charge in [-0.25, -0.2) is 0 Å². The number of methoxy groups -OCH3 is 1. The quantitative estimate of drug-likeness (QED) is 0.514. The molecule has 2 N–H and O–H groups in total. The maximum atomic E-state index is 11.4. The van der Waals surface area contributed by atoms with Crippen molar-refractivity contribution < 1.29 is 14.3 Å². The second-order valence-electron chi connectivity index (χ2n) is 4.98. The number of rotatable bonds is 7. The molecule has 1 amide bonds. The smallest absolute Gasteiger partial charge is 0.305 e. The first-order chi connectivity index (χ1) is 7.85. The van der Waals surface area contributed by atoms with E-state index < -0.39 is 0 Å². The van der Waals surface area contributed by atoms with Crippen molar-refractivity contribution in [3.63, 3.8) is 0 Å². The lowest BCUT2D eigenvalue weighted by Crippen LogP contribution is -2.41. The Labute approximate surface area is 103 Å². The van der Waals surface area contributed by atoms with Crippen LogP contribution in [0.5, 0.6) is 0 Å². The van der Waals surface area contributed by atoms with Crippen LogP contribution in [0.2, 0.25) is 0 Å². The summed E-state index contributed by atoms with van der Waals surface area (Å²) in [7, 11) is 1.38. The molecule has 0 bridgehead atoms. The van der Waals surface area contributed by atoms with Gasteiger partial charge in [-0.1, -0.05) is 0 Å². The number of amides is 1. The van der Waals surface area contributed by atoms with Crippen molar-refractivity contribution in [1.29, 1.82) is 0 Å². The largest absolute Gasteiger partial charge is 0.469 e. The van der Waals surface area contributed by atoms with E-state index in [9.17, 15) is 9.59 Å². The van der Waals surface area contributed by atoms with Gasteiger partial charge in [-0.05, 0) is 33.7 Å². The summed E-state index contributed by atoms with van der Waals surface area (Å²) in [5, 5.41) is 6.00. The van der Waals surface area contributed by atoms with Gasteiger partial charge in [0.25, 0.3) is 0 Å². The normalized spacial score (nSPS) is 11.1. The molecular formula is C12H24N2O3. The summed E-state index contributed by atoms with van der Waals surface area (Å²) in [6, 6.07) is 0. The molecule has 0 aliphatic rings. The second kappa shape index (κ2) is 8.06. The van der Waals surface area contributed by atoms with Gasteiger partial charge < -0.3 is 15.4 Å². The lowest BCUT2D eigenvalue weighted by molar-refractivity contribution is -0.140. The van der Waals surface area contributed by atoms with E-state index in [1.165, 1.54) is 7.11 Å². The Hall–Kier alpha value is -1.10. The number of hydrogen-bond acceptors (Lipinski definition) is 4. The molecule has 0 aromatic heterocycles. The Bertz CT molecular complexity index is 247. The number of hydrogen-bond donors (Lipinski definition) is 2. The zero-order chi connectivity index (χ0) is 13.3. The van der Waals surface area contributed by atoms with E-state index in [0.29, 0.717) is 19.4 Å². The van der Waals surface area contributed by atoms with Crippen LogP contribution in [0.4, 0.5) is 0 Å². The number of ether oxygens (including phenoxy) is 1. The average Bonchev–Trinajstić information content (AvgIpc) is 2.20. The Morgan fingerprint density at radius 1 is 1.12 bits per heavy atom. The second-order valence-corrected chi connectivity index (χ2v) is 4.98. The lowest BCUT2D eigenvalue weighted by atomic mass is 10.1. The summed E-state index contributed by atoms with van der Waals surface area (Å²) in [6.45, 7) is 7.21. The molecule has 0 rings (SSSR count). The van der Waals surface area contributed by atoms with Gasteiger partial charge in [0.05, 0.1) is 7.11 Å².